The van der Waals surface area contributed by atoms with Crippen LogP contribution < -0.4 is 9.47 Å². The Bertz CT molecular complexity index is 3000. The number of allylic oxidation sites excluding steroid dienone is 1. The van der Waals surface area contributed by atoms with E-state index in [0.717, 1.165) is 77.6 Å². The van der Waals surface area contributed by atoms with Crippen LogP contribution in [0, 0.1) is 0 Å². The standard InChI is InChI=1S/C51H30O6/c1-27-26-51(57-50-37-8-4-3-7-34(37)43(56-2)25-42(27)50,30-17-13-28(14-18-30)32-21-23-40-44-35(32)9-5-11-38(44)46(52)48(40)54)31-19-15-29(16-20-31)33-22-24-41-45-36(33)10-6-12-39(45)47(53)49(41)55/h3-26H,1-2H3. The summed E-state index contributed by atoms with van der Waals surface area (Å²) in [5.74, 6) is -0.324. The zero-order valence-corrected chi connectivity index (χ0v) is 30.8. The van der Waals surface area contributed by atoms with Gasteiger partial charge in [0.25, 0.3) is 0 Å². The summed E-state index contributed by atoms with van der Waals surface area (Å²) in [5.41, 5.74) is 8.27. The SMILES string of the molecule is COc1cc2c(c3ccccc13)OC(c1ccc(-c3ccc4c5c(cccc35)C(=O)C4=O)cc1)(c1ccc(-c3ccc4c5c(cccc35)C(=O)C4=O)cc1)C=C2C. The molecule has 57 heavy (non-hydrogen) atoms. The van der Waals surface area contributed by atoms with Gasteiger partial charge in [-0.05, 0) is 69.8 Å². The molecular formula is C51H30O6. The lowest BCUT2D eigenvalue weighted by molar-refractivity contribution is 0.0825. The van der Waals surface area contributed by atoms with Crippen LogP contribution in [0.2, 0.25) is 0 Å². The lowest BCUT2D eigenvalue weighted by atomic mass is 9.80. The Hall–Kier alpha value is -7.44. The van der Waals surface area contributed by atoms with Gasteiger partial charge in [0.1, 0.15) is 11.5 Å². The second-order valence-corrected chi connectivity index (χ2v) is 14.9. The van der Waals surface area contributed by atoms with Crippen LogP contribution in [-0.4, -0.2) is 30.2 Å². The van der Waals surface area contributed by atoms with Gasteiger partial charge < -0.3 is 9.47 Å². The molecule has 0 saturated carbocycles. The molecule has 8 aromatic rings. The summed E-state index contributed by atoms with van der Waals surface area (Å²) in [7, 11) is 1.68. The summed E-state index contributed by atoms with van der Waals surface area (Å²) < 4.78 is 13.2. The smallest absolute Gasteiger partial charge is 0.234 e. The van der Waals surface area contributed by atoms with Crippen molar-refractivity contribution in [2.45, 2.75) is 12.5 Å². The predicted octanol–water partition coefficient (Wildman–Crippen LogP) is 11.0. The first-order valence-electron chi connectivity index (χ1n) is 18.8. The third-order valence-electron chi connectivity index (χ3n) is 12.0. The number of carbonyl (C=O) groups is 4. The highest BCUT2D eigenvalue weighted by atomic mass is 16.5. The number of benzene rings is 8. The second kappa shape index (κ2) is 11.8. The Morgan fingerprint density at radius 3 is 1.39 bits per heavy atom. The van der Waals surface area contributed by atoms with Gasteiger partial charge in [0.15, 0.2) is 5.60 Å². The number of Topliss-reactive ketones (excluding diaryl/α,β-unsaturated/α-hetero) is 4. The zero-order chi connectivity index (χ0) is 38.7. The van der Waals surface area contributed by atoms with E-state index in [4.69, 9.17) is 9.47 Å². The van der Waals surface area contributed by atoms with Crippen molar-refractivity contribution in [1.82, 2.24) is 0 Å². The normalized spacial score (nSPS) is 15.0. The van der Waals surface area contributed by atoms with Crippen LogP contribution in [0.5, 0.6) is 11.5 Å². The third kappa shape index (κ3) is 4.46. The monoisotopic (exact) mass is 738 g/mol. The molecule has 0 bridgehead atoms. The fourth-order valence-electron chi connectivity index (χ4n) is 9.27. The highest BCUT2D eigenvalue weighted by Crippen LogP contribution is 2.50. The largest absolute Gasteiger partial charge is 0.496 e. The van der Waals surface area contributed by atoms with Gasteiger partial charge in [-0.1, -0.05) is 121 Å². The number of hydrogen-bond donors (Lipinski definition) is 0. The van der Waals surface area contributed by atoms with Gasteiger partial charge in [0, 0.05) is 60.5 Å². The maximum Gasteiger partial charge on any atom is 0.234 e. The fraction of sp³-hybridized carbons (Fsp3) is 0.0588. The minimum Gasteiger partial charge on any atom is -0.496 e. The fourth-order valence-corrected chi connectivity index (χ4v) is 9.27. The molecule has 0 fully saturated rings. The Morgan fingerprint density at radius 2 is 0.895 bits per heavy atom. The molecule has 0 saturated heterocycles. The van der Waals surface area contributed by atoms with Crippen LogP contribution in [0.15, 0.2) is 146 Å². The van der Waals surface area contributed by atoms with Gasteiger partial charge in [0.05, 0.1) is 7.11 Å². The van der Waals surface area contributed by atoms with Crippen LogP contribution in [-0.2, 0) is 5.60 Å². The molecule has 0 atom stereocenters. The average Bonchev–Trinajstić information content (AvgIpc) is 3.66. The maximum absolute atomic E-state index is 12.8. The molecular weight excluding hydrogens is 709 g/mol. The predicted molar refractivity (Wildman–Crippen MR) is 222 cm³/mol. The topological polar surface area (TPSA) is 86.7 Å². The molecule has 0 aromatic heterocycles. The Morgan fingerprint density at radius 1 is 0.456 bits per heavy atom. The number of hydrogen-bond acceptors (Lipinski definition) is 6. The van der Waals surface area contributed by atoms with Crippen molar-refractivity contribution in [2.24, 2.45) is 0 Å². The second-order valence-electron chi connectivity index (χ2n) is 14.9. The highest BCUT2D eigenvalue weighted by molar-refractivity contribution is 6.58. The molecule has 1 aliphatic heterocycles. The maximum atomic E-state index is 12.8. The Balaban J connectivity index is 1.08. The summed E-state index contributed by atoms with van der Waals surface area (Å²) >= 11 is 0. The van der Waals surface area contributed by atoms with Crippen molar-refractivity contribution < 1.29 is 28.7 Å². The molecule has 270 valence electrons. The number of carbonyl (C=O) groups excluding carboxylic acids is 4. The quantitative estimate of drug-likeness (QED) is 0.163. The Kier molecular flexibility index (Phi) is 6.81. The van der Waals surface area contributed by atoms with E-state index >= 15 is 0 Å². The van der Waals surface area contributed by atoms with Crippen molar-refractivity contribution in [3.8, 4) is 33.8 Å². The summed E-state index contributed by atoms with van der Waals surface area (Å²) in [6.45, 7) is 2.09. The van der Waals surface area contributed by atoms with Crippen LogP contribution in [0.4, 0.5) is 0 Å². The van der Waals surface area contributed by atoms with Crippen molar-refractivity contribution >= 4 is 61.0 Å². The summed E-state index contributed by atoms with van der Waals surface area (Å²) in [6, 6.07) is 45.1. The van der Waals surface area contributed by atoms with Gasteiger partial charge >= 0.3 is 0 Å². The third-order valence-corrected chi connectivity index (χ3v) is 12.0. The molecule has 6 nitrogen and oxygen atoms in total. The van der Waals surface area contributed by atoms with Crippen molar-refractivity contribution in [2.75, 3.05) is 7.11 Å². The van der Waals surface area contributed by atoms with E-state index in [1.807, 2.05) is 60.7 Å². The van der Waals surface area contributed by atoms with E-state index in [0.29, 0.717) is 33.0 Å². The number of ether oxygens (including phenoxy) is 2. The highest BCUT2D eigenvalue weighted by Gasteiger charge is 2.40. The first kappa shape index (κ1) is 32.9. The molecule has 0 N–H and O–H groups in total. The molecule has 6 heteroatoms. The van der Waals surface area contributed by atoms with Crippen LogP contribution in [0.25, 0.3) is 60.1 Å². The molecule has 0 unspecified atom stereocenters. The van der Waals surface area contributed by atoms with E-state index in [1.54, 1.807) is 31.4 Å². The van der Waals surface area contributed by atoms with Gasteiger partial charge in [-0.25, -0.2) is 0 Å². The minimum atomic E-state index is -1.05. The summed E-state index contributed by atoms with van der Waals surface area (Å²) in [5, 5.41) is 5.01. The number of fused-ring (bicyclic) bond motifs is 3. The lowest BCUT2D eigenvalue weighted by Gasteiger charge is -2.38. The Labute approximate surface area is 326 Å². The molecule has 1 heterocycles. The van der Waals surface area contributed by atoms with Crippen molar-refractivity contribution in [3.63, 3.8) is 0 Å². The molecule has 0 amide bonds. The van der Waals surface area contributed by atoms with Crippen molar-refractivity contribution in [3.05, 3.63) is 185 Å². The van der Waals surface area contributed by atoms with E-state index in [1.165, 1.54) is 0 Å². The van der Waals surface area contributed by atoms with E-state index in [-0.39, 0.29) is 0 Å². The molecule has 3 aliphatic rings. The van der Waals surface area contributed by atoms with E-state index in [2.05, 4.69) is 67.6 Å². The summed E-state index contributed by atoms with van der Waals surface area (Å²) in [6.07, 6.45) is 2.17. The molecule has 11 rings (SSSR count). The van der Waals surface area contributed by atoms with Gasteiger partial charge in [0.2, 0.25) is 23.1 Å². The van der Waals surface area contributed by atoms with Crippen LogP contribution >= 0.6 is 0 Å². The van der Waals surface area contributed by atoms with E-state index < -0.39 is 28.7 Å². The molecule has 2 aliphatic carbocycles. The number of ketones is 4. The summed E-state index contributed by atoms with van der Waals surface area (Å²) in [4.78, 5) is 51.0. The van der Waals surface area contributed by atoms with Crippen molar-refractivity contribution in [1.29, 1.82) is 0 Å². The first-order valence-corrected chi connectivity index (χ1v) is 18.8. The number of methoxy groups -OCH3 is 1. The average molecular weight is 739 g/mol. The van der Waals surface area contributed by atoms with Gasteiger partial charge in [-0.3, -0.25) is 19.2 Å². The first-order chi connectivity index (χ1) is 27.8. The van der Waals surface area contributed by atoms with Gasteiger partial charge in [-0.2, -0.15) is 0 Å². The zero-order valence-electron chi connectivity index (χ0n) is 30.8. The van der Waals surface area contributed by atoms with Crippen LogP contribution in [0.1, 0.15) is 65.0 Å². The lowest BCUT2D eigenvalue weighted by Crippen LogP contribution is -2.35. The minimum absolute atomic E-state index is 0.450. The van der Waals surface area contributed by atoms with Crippen LogP contribution in [0.3, 0.4) is 0 Å². The number of rotatable bonds is 5. The van der Waals surface area contributed by atoms with Gasteiger partial charge in [-0.15, -0.1) is 0 Å². The molecule has 0 radical (unpaired) electrons. The molecule has 8 aromatic carbocycles. The van der Waals surface area contributed by atoms with E-state index in [9.17, 15) is 19.2 Å². The molecule has 0 spiro atoms.